The van der Waals surface area contributed by atoms with Crippen LogP contribution in [-0.2, 0) is 24.4 Å². The SMILES string of the molecule is CCCCOC(=O)C(CC(=O)[O-])S(=O)(=O)[O-].[Na+].[Na+]. The Morgan fingerprint density at radius 2 is 1.78 bits per heavy atom. The van der Waals surface area contributed by atoms with Gasteiger partial charge in [-0.1, -0.05) is 13.3 Å². The number of ether oxygens (including phenoxy) is 1. The molecule has 0 aromatic carbocycles. The third kappa shape index (κ3) is 10.7. The van der Waals surface area contributed by atoms with E-state index >= 15 is 0 Å². The Morgan fingerprint density at radius 1 is 1.28 bits per heavy atom. The first-order valence-corrected chi connectivity index (χ1v) is 6.07. The van der Waals surface area contributed by atoms with Crippen molar-refractivity contribution in [1.82, 2.24) is 0 Å². The van der Waals surface area contributed by atoms with Gasteiger partial charge < -0.3 is 19.2 Å². The van der Waals surface area contributed by atoms with Gasteiger partial charge in [-0.15, -0.1) is 0 Å². The number of esters is 1. The second-order valence-electron chi connectivity index (χ2n) is 3.08. The summed E-state index contributed by atoms with van der Waals surface area (Å²) >= 11 is 0. The molecule has 0 saturated heterocycles. The monoisotopic (exact) mass is 298 g/mol. The maximum Gasteiger partial charge on any atom is 1.00 e. The Labute approximate surface area is 150 Å². The molecule has 0 aliphatic heterocycles. The molecule has 0 aromatic rings. The van der Waals surface area contributed by atoms with E-state index in [2.05, 4.69) is 4.74 Å². The van der Waals surface area contributed by atoms with Crippen LogP contribution in [0.1, 0.15) is 26.2 Å². The van der Waals surface area contributed by atoms with Crippen LogP contribution in [0, 0.1) is 0 Å². The van der Waals surface area contributed by atoms with Crippen LogP contribution in [0.15, 0.2) is 0 Å². The molecule has 0 radical (unpaired) electrons. The van der Waals surface area contributed by atoms with Crippen molar-refractivity contribution in [2.45, 2.75) is 31.4 Å². The number of carboxylic acid groups (broad SMARTS) is 1. The zero-order valence-electron chi connectivity index (χ0n) is 10.7. The summed E-state index contributed by atoms with van der Waals surface area (Å²) in [5.41, 5.74) is 0. The van der Waals surface area contributed by atoms with Gasteiger partial charge in [-0.25, -0.2) is 8.42 Å². The van der Waals surface area contributed by atoms with E-state index in [9.17, 15) is 27.7 Å². The average Bonchev–Trinajstić information content (AvgIpc) is 2.12. The van der Waals surface area contributed by atoms with Crippen molar-refractivity contribution < 1.29 is 91.5 Å². The van der Waals surface area contributed by atoms with Gasteiger partial charge in [-0.2, -0.15) is 0 Å². The number of hydrogen-bond acceptors (Lipinski definition) is 7. The first-order chi connectivity index (χ1) is 7.29. The molecule has 0 bridgehead atoms. The maximum atomic E-state index is 11.1. The van der Waals surface area contributed by atoms with Gasteiger partial charge in [0.05, 0.1) is 6.61 Å². The summed E-state index contributed by atoms with van der Waals surface area (Å²) in [5, 5.41) is 7.94. The van der Waals surface area contributed by atoms with Crippen molar-refractivity contribution in [2.75, 3.05) is 6.61 Å². The summed E-state index contributed by atoms with van der Waals surface area (Å²) in [6, 6.07) is 0. The van der Waals surface area contributed by atoms with Gasteiger partial charge in [0.25, 0.3) is 0 Å². The molecule has 0 aromatic heterocycles. The molecular formula is C8H12Na2O7S. The van der Waals surface area contributed by atoms with Crippen LogP contribution in [-0.4, -0.2) is 36.8 Å². The fourth-order valence-electron chi connectivity index (χ4n) is 0.865. The Balaban J connectivity index is -0.00000112. The molecule has 0 aliphatic rings. The fraction of sp³-hybridized carbons (Fsp3) is 0.750. The van der Waals surface area contributed by atoms with Gasteiger partial charge in [0.1, 0.15) is 10.1 Å². The van der Waals surface area contributed by atoms with Crippen molar-refractivity contribution in [2.24, 2.45) is 0 Å². The van der Waals surface area contributed by atoms with E-state index in [0.717, 1.165) is 0 Å². The van der Waals surface area contributed by atoms with Crippen LogP contribution < -0.4 is 64.2 Å². The minimum atomic E-state index is -5.04. The van der Waals surface area contributed by atoms with Crippen LogP contribution in [0.25, 0.3) is 0 Å². The van der Waals surface area contributed by atoms with Crippen molar-refractivity contribution in [3.63, 3.8) is 0 Å². The topological polar surface area (TPSA) is 124 Å². The quantitative estimate of drug-likeness (QED) is 0.198. The standard InChI is InChI=1S/C8H14O7S.2Na/c1-2-3-4-15-8(11)6(5-7(9)10)16(12,13)14;;/h6H,2-5H2,1H3,(H,9,10)(H,12,13,14);;/q;2*+1/p-2. The second-order valence-corrected chi connectivity index (χ2v) is 4.63. The zero-order chi connectivity index (χ0) is 12.8. The Morgan fingerprint density at radius 3 is 2.11 bits per heavy atom. The van der Waals surface area contributed by atoms with Crippen LogP contribution >= 0.6 is 0 Å². The van der Waals surface area contributed by atoms with E-state index in [0.29, 0.717) is 12.8 Å². The molecule has 18 heavy (non-hydrogen) atoms. The van der Waals surface area contributed by atoms with Gasteiger partial charge in [0.2, 0.25) is 0 Å². The number of hydrogen-bond donors (Lipinski definition) is 0. The molecule has 0 heterocycles. The first kappa shape index (κ1) is 23.9. The molecular weight excluding hydrogens is 286 g/mol. The molecule has 0 aliphatic carbocycles. The summed E-state index contributed by atoms with van der Waals surface area (Å²) in [6.45, 7) is 1.77. The van der Waals surface area contributed by atoms with Gasteiger partial charge >= 0.3 is 65.1 Å². The average molecular weight is 298 g/mol. The molecule has 0 spiro atoms. The van der Waals surface area contributed by atoms with Crippen LogP contribution in [0.4, 0.5) is 0 Å². The van der Waals surface area contributed by atoms with Gasteiger partial charge in [0.15, 0.2) is 5.25 Å². The van der Waals surface area contributed by atoms with E-state index < -0.39 is 33.7 Å². The number of carbonyl (C=O) groups is 2. The van der Waals surface area contributed by atoms with Crippen molar-refractivity contribution in [3.05, 3.63) is 0 Å². The Hall–Kier alpha value is 0.850. The van der Waals surface area contributed by atoms with E-state index in [-0.39, 0.29) is 65.7 Å². The molecule has 1 atom stereocenters. The number of unbranched alkanes of at least 4 members (excludes halogenated alkanes) is 1. The second kappa shape index (κ2) is 11.7. The summed E-state index contributed by atoms with van der Waals surface area (Å²) < 4.78 is 36.2. The molecule has 0 N–H and O–H groups in total. The summed E-state index contributed by atoms with van der Waals surface area (Å²) in [5.74, 6) is -3.13. The van der Waals surface area contributed by atoms with Crippen molar-refractivity contribution >= 4 is 22.1 Å². The number of carboxylic acids is 1. The molecule has 0 fully saturated rings. The molecule has 0 rings (SSSR count). The van der Waals surface area contributed by atoms with Gasteiger partial charge in [0, 0.05) is 12.4 Å². The number of carbonyl (C=O) groups excluding carboxylic acids is 2. The minimum absolute atomic E-state index is 0. The van der Waals surface area contributed by atoms with Crippen LogP contribution in [0.2, 0.25) is 0 Å². The molecule has 0 amide bonds. The van der Waals surface area contributed by atoms with E-state index in [1.54, 1.807) is 0 Å². The Kier molecular flexibility index (Phi) is 15.5. The van der Waals surface area contributed by atoms with E-state index in [1.807, 2.05) is 6.92 Å². The first-order valence-electron chi connectivity index (χ1n) is 4.60. The predicted molar refractivity (Wildman–Crippen MR) is 49.0 cm³/mol. The molecule has 1 unspecified atom stereocenters. The summed E-state index contributed by atoms with van der Waals surface area (Å²) in [7, 11) is -5.04. The number of rotatable bonds is 7. The zero-order valence-corrected chi connectivity index (χ0v) is 15.5. The molecule has 94 valence electrons. The third-order valence-electron chi connectivity index (χ3n) is 1.71. The predicted octanol–water partition coefficient (Wildman–Crippen LogP) is -7.61. The van der Waals surface area contributed by atoms with E-state index in [4.69, 9.17) is 0 Å². The number of aliphatic carboxylic acids is 1. The fourth-order valence-corrected chi connectivity index (χ4v) is 1.51. The van der Waals surface area contributed by atoms with Gasteiger partial charge in [-0.05, 0) is 6.42 Å². The molecule has 7 nitrogen and oxygen atoms in total. The third-order valence-corrected chi connectivity index (χ3v) is 2.76. The normalized spacial score (nSPS) is 11.7. The molecule has 0 saturated carbocycles. The van der Waals surface area contributed by atoms with E-state index in [1.165, 1.54) is 0 Å². The summed E-state index contributed by atoms with van der Waals surface area (Å²) in [4.78, 5) is 21.3. The molecule has 10 heteroatoms. The smallest absolute Gasteiger partial charge is 0.747 e. The Bertz CT molecular complexity index is 354. The van der Waals surface area contributed by atoms with Crippen LogP contribution in [0.3, 0.4) is 0 Å². The minimum Gasteiger partial charge on any atom is -0.747 e. The van der Waals surface area contributed by atoms with Crippen LogP contribution in [0.5, 0.6) is 0 Å². The van der Waals surface area contributed by atoms with Gasteiger partial charge in [-0.3, -0.25) is 4.79 Å². The summed E-state index contributed by atoms with van der Waals surface area (Å²) in [6.07, 6.45) is 0.0298. The maximum absolute atomic E-state index is 11.1. The van der Waals surface area contributed by atoms with Crippen molar-refractivity contribution in [1.29, 1.82) is 0 Å². The largest absolute Gasteiger partial charge is 1.00 e. The van der Waals surface area contributed by atoms with Crippen molar-refractivity contribution in [3.8, 4) is 0 Å².